The molecule has 1 aliphatic rings. The molecule has 1 aliphatic heterocycles. The van der Waals surface area contributed by atoms with Gasteiger partial charge in [-0.1, -0.05) is 27.7 Å². The summed E-state index contributed by atoms with van der Waals surface area (Å²) in [5.74, 6) is 1.97. The Labute approximate surface area is 133 Å². The molecule has 0 fully saturated rings. The summed E-state index contributed by atoms with van der Waals surface area (Å²) in [5.41, 5.74) is 3.69. The van der Waals surface area contributed by atoms with Gasteiger partial charge in [0.1, 0.15) is 16.9 Å². The highest BCUT2D eigenvalue weighted by atomic mass is 79.9. The van der Waals surface area contributed by atoms with Crippen molar-refractivity contribution < 1.29 is 14.2 Å². The van der Waals surface area contributed by atoms with Gasteiger partial charge >= 0.3 is 0 Å². The van der Waals surface area contributed by atoms with E-state index in [-0.39, 0.29) is 12.2 Å². The summed E-state index contributed by atoms with van der Waals surface area (Å²) in [5, 5.41) is 1.02. The molecule has 20 heavy (non-hydrogen) atoms. The first kappa shape index (κ1) is 16.0. The molecule has 1 aromatic rings. The topological polar surface area (TPSA) is 27.7 Å². The number of rotatable bonds is 6. The van der Waals surface area contributed by atoms with Crippen LogP contribution in [0.4, 0.5) is 0 Å². The monoisotopic (exact) mass is 360 g/mol. The Balaban J connectivity index is 2.29. The van der Waals surface area contributed by atoms with Crippen LogP contribution in [0, 0.1) is 20.8 Å². The maximum atomic E-state index is 6.12. The van der Waals surface area contributed by atoms with Crippen molar-refractivity contribution in [2.75, 3.05) is 19.2 Å². The molecule has 1 unspecified atom stereocenters. The lowest BCUT2D eigenvalue weighted by Gasteiger charge is -2.16. The predicted octanol–water partition coefficient (Wildman–Crippen LogP) is 4.58. The molecular weight excluding hydrogens is 340 g/mol. The fourth-order valence-corrected chi connectivity index (χ4v) is 3.93. The number of hydrogen-bond acceptors (Lipinski definition) is 4. The second-order valence-corrected chi connectivity index (χ2v) is 6.87. The Morgan fingerprint density at radius 1 is 1.20 bits per heavy atom. The normalized spacial score (nSPS) is 16.9. The van der Waals surface area contributed by atoms with Gasteiger partial charge in [-0.15, -0.1) is 0 Å². The molecule has 0 radical (unpaired) electrons. The lowest BCUT2D eigenvalue weighted by Crippen LogP contribution is -2.07. The zero-order chi connectivity index (χ0) is 14.7. The molecule has 112 valence electrons. The standard InChI is InChI=1S/C15H21BrO3S/c1-9-10(2)14-15(11(3)13(9)18-8-17-4)20-12(19-14)6-5-7-16/h12H,5-8H2,1-4H3. The molecule has 1 heterocycles. The van der Waals surface area contributed by atoms with Crippen molar-refractivity contribution in [2.24, 2.45) is 0 Å². The quantitative estimate of drug-likeness (QED) is 0.548. The first-order valence-electron chi connectivity index (χ1n) is 6.74. The number of thioether (sulfide) groups is 1. The molecule has 1 atom stereocenters. The van der Waals surface area contributed by atoms with Crippen molar-refractivity contribution in [3.05, 3.63) is 16.7 Å². The van der Waals surface area contributed by atoms with Gasteiger partial charge in [-0.2, -0.15) is 0 Å². The minimum atomic E-state index is 0.219. The van der Waals surface area contributed by atoms with E-state index in [1.807, 2.05) is 11.8 Å². The van der Waals surface area contributed by atoms with E-state index >= 15 is 0 Å². The van der Waals surface area contributed by atoms with Crippen LogP contribution in [0.2, 0.25) is 0 Å². The number of ether oxygens (including phenoxy) is 3. The van der Waals surface area contributed by atoms with Crippen LogP contribution in [0.15, 0.2) is 4.90 Å². The smallest absolute Gasteiger partial charge is 0.188 e. The highest BCUT2D eigenvalue weighted by Gasteiger charge is 2.30. The SMILES string of the molecule is COCOc1c(C)c(C)c2c(c1C)SC(CCCBr)O2. The van der Waals surface area contributed by atoms with E-state index in [2.05, 4.69) is 36.7 Å². The van der Waals surface area contributed by atoms with Gasteiger partial charge in [0.05, 0.1) is 4.90 Å². The molecule has 0 aliphatic carbocycles. The van der Waals surface area contributed by atoms with Crippen LogP contribution in [-0.2, 0) is 4.74 Å². The third kappa shape index (κ3) is 3.10. The second kappa shape index (κ2) is 7.05. The highest BCUT2D eigenvalue weighted by molar-refractivity contribution is 9.09. The molecule has 0 bridgehead atoms. The van der Waals surface area contributed by atoms with Crippen LogP contribution >= 0.6 is 27.7 Å². The lowest BCUT2D eigenvalue weighted by molar-refractivity contribution is 0.0498. The summed E-state index contributed by atoms with van der Waals surface area (Å²) in [6.07, 6.45) is 2.17. The molecule has 3 nitrogen and oxygen atoms in total. The molecule has 2 rings (SSSR count). The number of hydrogen-bond donors (Lipinski definition) is 0. The highest BCUT2D eigenvalue weighted by Crippen LogP contribution is 2.50. The van der Waals surface area contributed by atoms with Gasteiger partial charge in [0.25, 0.3) is 0 Å². The van der Waals surface area contributed by atoms with Gasteiger partial charge in [-0.25, -0.2) is 0 Å². The van der Waals surface area contributed by atoms with Crippen molar-refractivity contribution in [2.45, 2.75) is 43.9 Å². The zero-order valence-corrected chi connectivity index (χ0v) is 14.8. The molecule has 0 saturated heterocycles. The van der Waals surface area contributed by atoms with Crippen molar-refractivity contribution in [1.82, 2.24) is 0 Å². The Bertz CT molecular complexity index is 491. The van der Waals surface area contributed by atoms with Crippen LogP contribution in [-0.4, -0.2) is 24.7 Å². The van der Waals surface area contributed by atoms with Crippen molar-refractivity contribution in [1.29, 1.82) is 0 Å². The van der Waals surface area contributed by atoms with E-state index < -0.39 is 0 Å². The summed E-state index contributed by atoms with van der Waals surface area (Å²) in [6, 6.07) is 0. The van der Waals surface area contributed by atoms with Gasteiger partial charge in [0.2, 0.25) is 0 Å². The van der Waals surface area contributed by atoms with E-state index in [1.54, 1.807) is 7.11 Å². The average Bonchev–Trinajstić information content (AvgIpc) is 2.87. The molecule has 0 saturated carbocycles. The fraction of sp³-hybridized carbons (Fsp3) is 0.600. The summed E-state index contributed by atoms with van der Waals surface area (Å²) in [6.45, 7) is 6.55. The van der Waals surface area contributed by atoms with Gasteiger partial charge in [-0.3, -0.25) is 0 Å². The molecule has 5 heteroatoms. The van der Waals surface area contributed by atoms with Crippen LogP contribution in [0.3, 0.4) is 0 Å². The van der Waals surface area contributed by atoms with E-state index in [4.69, 9.17) is 14.2 Å². The fourth-order valence-electron chi connectivity index (χ4n) is 2.33. The van der Waals surface area contributed by atoms with Gasteiger partial charge in [-0.05, 0) is 44.7 Å². The summed E-state index contributed by atoms with van der Waals surface area (Å²) in [4.78, 5) is 1.22. The Hall–Kier alpha value is -0.390. The third-order valence-electron chi connectivity index (χ3n) is 3.52. The number of alkyl halides is 1. The van der Waals surface area contributed by atoms with Crippen LogP contribution < -0.4 is 9.47 Å². The molecule has 0 amide bonds. The summed E-state index contributed by atoms with van der Waals surface area (Å²) >= 11 is 5.28. The minimum absolute atomic E-state index is 0.219. The number of halogens is 1. The van der Waals surface area contributed by atoms with E-state index in [0.717, 1.165) is 40.8 Å². The van der Waals surface area contributed by atoms with E-state index in [0.29, 0.717) is 0 Å². The molecule has 0 spiro atoms. The number of methoxy groups -OCH3 is 1. The van der Waals surface area contributed by atoms with Gasteiger partial charge in [0, 0.05) is 18.0 Å². The molecule has 0 N–H and O–H groups in total. The van der Waals surface area contributed by atoms with Gasteiger partial charge < -0.3 is 14.2 Å². The number of fused-ring (bicyclic) bond motifs is 1. The molecule has 1 aromatic carbocycles. The molecule has 0 aromatic heterocycles. The van der Waals surface area contributed by atoms with Crippen molar-refractivity contribution >= 4 is 27.7 Å². The Morgan fingerprint density at radius 2 is 1.95 bits per heavy atom. The first-order chi connectivity index (χ1) is 9.60. The lowest BCUT2D eigenvalue weighted by atomic mass is 10.0. The number of benzene rings is 1. The maximum absolute atomic E-state index is 6.12. The largest absolute Gasteiger partial charge is 0.478 e. The average molecular weight is 361 g/mol. The van der Waals surface area contributed by atoms with E-state index in [9.17, 15) is 0 Å². The zero-order valence-electron chi connectivity index (χ0n) is 12.4. The first-order valence-corrected chi connectivity index (χ1v) is 8.75. The maximum Gasteiger partial charge on any atom is 0.188 e. The van der Waals surface area contributed by atoms with Gasteiger partial charge in [0.15, 0.2) is 6.79 Å². The van der Waals surface area contributed by atoms with Crippen molar-refractivity contribution in [3.8, 4) is 11.5 Å². The Morgan fingerprint density at radius 3 is 2.60 bits per heavy atom. The summed E-state index contributed by atoms with van der Waals surface area (Å²) in [7, 11) is 1.64. The van der Waals surface area contributed by atoms with Crippen LogP contribution in [0.1, 0.15) is 29.5 Å². The predicted molar refractivity (Wildman–Crippen MR) is 86.5 cm³/mol. The second-order valence-electron chi connectivity index (χ2n) is 4.91. The minimum Gasteiger partial charge on any atom is -0.478 e. The van der Waals surface area contributed by atoms with Crippen LogP contribution in [0.25, 0.3) is 0 Å². The third-order valence-corrected chi connectivity index (χ3v) is 5.41. The van der Waals surface area contributed by atoms with E-state index in [1.165, 1.54) is 10.5 Å². The van der Waals surface area contributed by atoms with Crippen LogP contribution in [0.5, 0.6) is 11.5 Å². The van der Waals surface area contributed by atoms with Crippen molar-refractivity contribution in [3.63, 3.8) is 0 Å². The summed E-state index contributed by atoms with van der Waals surface area (Å²) < 4.78 is 16.9. The Kier molecular flexibility index (Phi) is 5.64. The molecular formula is C15H21BrO3S.